The van der Waals surface area contributed by atoms with Gasteiger partial charge in [-0.3, -0.25) is 0 Å². The maximum absolute atomic E-state index is 5.76. The van der Waals surface area contributed by atoms with E-state index in [0.29, 0.717) is 13.2 Å². The Morgan fingerprint density at radius 2 is 0.875 bits per heavy atom. The van der Waals surface area contributed by atoms with Crippen LogP contribution in [-0.4, -0.2) is 13.2 Å². The molecule has 0 aliphatic rings. The van der Waals surface area contributed by atoms with Crippen molar-refractivity contribution in [2.24, 2.45) is 0 Å². The molecule has 8 heteroatoms. The number of halogens is 6. The first-order valence-corrected chi connectivity index (χ1v) is 11.3. The lowest BCUT2D eigenvalue weighted by Crippen LogP contribution is -1.99. The molecule has 0 radical (unpaired) electrons. The van der Waals surface area contributed by atoms with Crippen molar-refractivity contribution in [3.63, 3.8) is 0 Å². The maximum Gasteiger partial charge on any atom is 0.148 e. The van der Waals surface area contributed by atoms with Crippen molar-refractivity contribution >= 4 is 95.6 Å². The SMILES string of the molecule is Brc1cc(Br)c(OC/C=C/COc2c(Br)cc(Br)cc2Br)c(Br)c1. The van der Waals surface area contributed by atoms with E-state index in [-0.39, 0.29) is 0 Å². The van der Waals surface area contributed by atoms with Crippen molar-refractivity contribution in [3.05, 3.63) is 63.3 Å². The third-order valence-electron chi connectivity index (χ3n) is 2.74. The van der Waals surface area contributed by atoms with Crippen molar-refractivity contribution in [3.8, 4) is 11.5 Å². The van der Waals surface area contributed by atoms with Gasteiger partial charge in [-0.15, -0.1) is 0 Å². The van der Waals surface area contributed by atoms with Gasteiger partial charge in [0.15, 0.2) is 0 Å². The number of hydrogen-bond acceptors (Lipinski definition) is 2. The minimum Gasteiger partial charge on any atom is -0.487 e. The fourth-order valence-electron chi connectivity index (χ4n) is 1.73. The van der Waals surface area contributed by atoms with Crippen LogP contribution in [0.15, 0.2) is 63.3 Å². The summed E-state index contributed by atoms with van der Waals surface area (Å²) in [6.07, 6.45) is 3.84. The molecule has 0 aliphatic heterocycles. The van der Waals surface area contributed by atoms with Crippen LogP contribution in [0.3, 0.4) is 0 Å². The van der Waals surface area contributed by atoms with E-state index in [1.165, 1.54) is 0 Å². The third-order valence-corrected chi connectivity index (χ3v) is 6.01. The van der Waals surface area contributed by atoms with E-state index >= 15 is 0 Å². The van der Waals surface area contributed by atoms with Gasteiger partial charge in [-0.25, -0.2) is 0 Å². The van der Waals surface area contributed by atoms with Crippen LogP contribution in [-0.2, 0) is 0 Å². The molecule has 0 bridgehead atoms. The Balaban J connectivity index is 1.86. The van der Waals surface area contributed by atoms with Gasteiger partial charge in [-0.2, -0.15) is 0 Å². The molecule has 0 amide bonds. The topological polar surface area (TPSA) is 18.5 Å². The molecule has 2 rings (SSSR count). The van der Waals surface area contributed by atoms with Crippen LogP contribution in [0.2, 0.25) is 0 Å². The van der Waals surface area contributed by atoms with Crippen molar-refractivity contribution in [1.29, 1.82) is 0 Å². The van der Waals surface area contributed by atoms with Gasteiger partial charge in [-0.05, 0) is 100 Å². The average Bonchev–Trinajstić information content (AvgIpc) is 2.46. The minimum absolute atomic E-state index is 0.449. The molecule has 0 spiro atoms. The lowest BCUT2D eigenvalue weighted by Gasteiger charge is -2.10. The van der Waals surface area contributed by atoms with Gasteiger partial charge in [0, 0.05) is 8.95 Å². The molecule has 0 aliphatic carbocycles. The predicted molar refractivity (Wildman–Crippen MR) is 119 cm³/mol. The molecule has 0 fully saturated rings. The monoisotopic (exact) mass is 708 g/mol. The van der Waals surface area contributed by atoms with E-state index < -0.39 is 0 Å². The highest BCUT2D eigenvalue weighted by atomic mass is 79.9. The minimum atomic E-state index is 0.449. The van der Waals surface area contributed by atoms with Crippen molar-refractivity contribution in [2.75, 3.05) is 13.2 Å². The molecule has 0 aromatic heterocycles. The number of benzene rings is 2. The van der Waals surface area contributed by atoms with Crippen molar-refractivity contribution in [1.82, 2.24) is 0 Å². The van der Waals surface area contributed by atoms with Gasteiger partial charge in [-0.1, -0.05) is 31.9 Å². The van der Waals surface area contributed by atoms with E-state index in [0.717, 1.165) is 38.3 Å². The van der Waals surface area contributed by atoms with Crippen LogP contribution < -0.4 is 9.47 Å². The van der Waals surface area contributed by atoms with Crippen LogP contribution in [0.5, 0.6) is 11.5 Å². The van der Waals surface area contributed by atoms with Gasteiger partial charge in [0.2, 0.25) is 0 Å². The molecule has 0 saturated heterocycles. The highest BCUT2D eigenvalue weighted by Gasteiger charge is 2.08. The quantitative estimate of drug-likeness (QED) is 0.281. The molecule has 24 heavy (non-hydrogen) atoms. The molecule has 2 nitrogen and oxygen atoms in total. The largest absolute Gasteiger partial charge is 0.487 e. The summed E-state index contributed by atoms with van der Waals surface area (Å²) in [5.41, 5.74) is 0. The molecular weight excluding hydrogens is 704 g/mol. The summed E-state index contributed by atoms with van der Waals surface area (Å²) in [5.74, 6) is 1.53. The summed E-state index contributed by atoms with van der Waals surface area (Å²) in [5, 5.41) is 0. The van der Waals surface area contributed by atoms with E-state index in [2.05, 4.69) is 95.6 Å². The first-order chi connectivity index (χ1) is 11.4. The fraction of sp³-hybridized carbons (Fsp3) is 0.125. The first kappa shape index (κ1) is 21.0. The molecule has 0 unspecified atom stereocenters. The molecule has 128 valence electrons. The van der Waals surface area contributed by atoms with E-state index in [1.54, 1.807) is 0 Å². The summed E-state index contributed by atoms with van der Waals surface area (Å²) in [6.45, 7) is 0.899. The smallest absolute Gasteiger partial charge is 0.148 e. The maximum atomic E-state index is 5.76. The van der Waals surface area contributed by atoms with E-state index in [4.69, 9.17) is 9.47 Å². The van der Waals surface area contributed by atoms with Gasteiger partial charge in [0.1, 0.15) is 24.7 Å². The van der Waals surface area contributed by atoms with Gasteiger partial charge in [0.05, 0.1) is 17.9 Å². The standard InChI is InChI=1S/C16H10Br6O2/c17-9-5-11(19)15(12(20)6-9)23-3-1-2-4-24-16-13(21)7-10(18)8-14(16)22/h1-2,5-8H,3-4H2/b2-1+. The van der Waals surface area contributed by atoms with Crippen molar-refractivity contribution < 1.29 is 9.47 Å². The number of hydrogen-bond donors (Lipinski definition) is 0. The second-order valence-electron chi connectivity index (χ2n) is 4.49. The zero-order valence-electron chi connectivity index (χ0n) is 12.0. The zero-order valence-corrected chi connectivity index (χ0v) is 21.5. The lowest BCUT2D eigenvalue weighted by molar-refractivity contribution is 0.346. The summed E-state index contributed by atoms with van der Waals surface area (Å²) < 4.78 is 17.0. The Morgan fingerprint density at radius 3 is 1.17 bits per heavy atom. The Labute approximate surface area is 191 Å². The Hall–Kier alpha value is 0.660. The summed E-state index contributed by atoms with van der Waals surface area (Å²) in [4.78, 5) is 0. The molecule has 2 aromatic rings. The van der Waals surface area contributed by atoms with E-state index in [1.807, 2.05) is 36.4 Å². The molecule has 0 N–H and O–H groups in total. The summed E-state index contributed by atoms with van der Waals surface area (Å²) in [7, 11) is 0. The van der Waals surface area contributed by atoms with Crippen LogP contribution in [0.4, 0.5) is 0 Å². The first-order valence-electron chi connectivity index (χ1n) is 6.58. The van der Waals surface area contributed by atoms with Crippen LogP contribution >= 0.6 is 95.6 Å². The highest BCUT2D eigenvalue weighted by molar-refractivity contribution is 9.12. The summed E-state index contributed by atoms with van der Waals surface area (Å²) >= 11 is 20.8. The van der Waals surface area contributed by atoms with E-state index in [9.17, 15) is 0 Å². The Kier molecular flexibility index (Phi) is 8.83. The van der Waals surface area contributed by atoms with Gasteiger partial charge >= 0.3 is 0 Å². The van der Waals surface area contributed by atoms with Crippen LogP contribution in [0.25, 0.3) is 0 Å². The third kappa shape index (κ3) is 6.13. The van der Waals surface area contributed by atoms with Gasteiger partial charge < -0.3 is 9.47 Å². The predicted octanol–water partition coefficient (Wildman–Crippen LogP) is 8.28. The summed E-state index contributed by atoms with van der Waals surface area (Å²) in [6, 6.07) is 7.76. The zero-order chi connectivity index (χ0) is 17.7. The fourth-order valence-corrected chi connectivity index (χ4v) is 6.71. The number of ether oxygens (including phenoxy) is 2. The average molecular weight is 714 g/mol. The number of rotatable bonds is 6. The molecular formula is C16H10Br6O2. The van der Waals surface area contributed by atoms with Crippen LogP contribution in [0.1, 0.15) is 0 Å². The second kappa shape index (κ2) is 10.1. The second-order valence-corrected chi connectivity index (χ2v) is 9.74. The van der Waals surface area contributed by atoms with Crippen molar-refractivity contribution in [2.45, 2.75) is 0 Å². The normalized spacial score (nSPS) is 11.1. The Morgan fingerprint density at radius 1 is 0.583 bits per heavy atom. The molecule has 2 aromatic carbocycles. The highest BCUT2D eigenvalue weighted by Crippen LogP contribution is 2.37. The Bertz CT molecular complexity index is 651. The van der Waals surface area contributed by atoms with Gasteiger partial charge in [0.25, 0.3) is 0 Å². The molecule has 0 atom stereocenters. The van der Waals surface area contributed by atoms with Crippen LogP contribution in [0, 0.1) is 0 Å². The molecule has 0 saturated carbocycles. The lowest BCUT2D eigenvalue weighted by atomic mass is 10.3. The molecule has 0 heterocycles.